The quantitative estimate of drug-likeness (QED) is 0.239. The van der Waals surface area contributed by atoms with Crippen LogP contribution in [0.1, 0.15) is 31.2 Å². The molecule has 5 nitrogen and oxygen atoms in total. The number of ether oxygens (including phenoxy) is 1. The Morgan fingerprint density at radius 3 is 2.83 bits per heavy atom. The highest BCUT2D eigenvalue weighted by molar-refractivity contribution is 7.80. The van der Waals surface area contributed by atoms with Crippen molar-refractivity contribution in [1.29, 1.82) is 0 Å². The lowest BCUT2D eigenvalue weighted by atomic mass is 10.2. The molecule has 0 saturated heterocycles. The predicted octanol–water partition coefficient (Wildman–Crippen LogP) is 3.52. The van der Waals surface area contributed by atoms with E-state index in [-0.39, 0.29) is 5.97 Å². The van der Waals surface area contributed by atoms with Gasteiger partial charge in [-0.05, 0) is 37.2 Å². The monoisotopic (exact) mass is 375 g/mol. The third-order valence-corrected chi connectivity index (χ3v) is 3.70. The van der Waals surface area contributed by atoms with Gasteiger partial charge in [0.05, 0.1) is 18.3 Å². The molecule has 0 heterocycles. The number of halogens is 2. The van der Waals surface area contributed by atoms with Crippen LogP contribution in [0.4, 0.5) is 0 Å². The summed E-state index contributed by atoms with van der Waals surface area (Å²) >= 11 is 16.9. The van der Waals surface area contributed by atoms with E-state index in [0.29, 0.717) is 28.1 Å². The third kappa shape index (κ3) is 8.74. The van der Waals surface area contributed by atoms with Gasteiger partial charge < -0.3 is 10.1 Å². The average molecular weight is 376 g/mol. The average Bonchev–Trinajstić information content (AvgIpc) is 2.52. The molecule has 0 amide bonds. The molecule has 23 heavy (non-hydrogen) atoms. The Hall–Kier alpha value is -1.37. The van der Waals surface area contributed by atoms with E-state index in [1.54, 1.807) is 24.4 Å². The summed E-state index contributed by atoms with van der Waals surface area (Å²) in [5, 5.41) is 8.57. The highest BCUT2D eigenvalue weighted by Gasteiger charge is 2.00. The van der Waals surface area contributed by atoms with Crippen molar-refractivity contribution in [3.05, 3.63) is 33.8 Å². The molecular weight excluding hydrogens is 357 g/mol. The Morgan fingerprint density at radius 1 is 1.35 bits per heavy atom. The minimum atomic E-state index is -0.176. The van der Waals surface area contributed by atoms with Crippen molar-refractivity contribution >= 4 is 52.7 Å². The van der Waals surface area contributed by atoms with Crippen LogP contribution in [-0.4, -0.2) is 31.0 Å². The second-order valence-corrected chi connectivity index (χ2v) is 5.93. The van der Waals surface area contributed by atoms with Crippen LogP contribution >= 0.6 is 35.4 Å². The molecule has 0 radical (unpaired) electrons. The second-order valence-electron chi connectivity index (χ2n) is 4.68. The molecule has 0 aliphatic heterocycles. The normalized spacial score (nSPS) is 10.6. The number of nitrogens with zero attached hydrogens (tertiary/aromatic N) is 1. The highest BCUT2D eigenvalue weighted by Crippen LogP contribution is 2.19. The van der Waals surface area contributed by atoms with Crippen molar-refractivity contribution in [3.8, 4) is 0 Å². The van der Waals surface area contributed by atoms with Crippen molar-refractivity contribution in [3.63, 3.8) is 0 Å². The summed E-state index contributed by atoms with van der Waals surface area (Å²) in [6, 6.07) is 5.16. The second kappa shape index (κ2) is 11.2. The van der Waals surface area contributed by atoms with Crippen molar-refractivity contribution < 1.29 is 9.53 Å². The Bertz CT molecular complexity index is 568. The van der Waals surface area contributed by atoms with E-state index >= 15 is 0 Å². The molecule has 0 aromatic heterocycles. The van der Waals surface area contributed by atoms with Crippen LogP contribution in [0, 0.1) is 0 Å². The van der Waals surface area contributed by atoms with E-state index in [1.165, 1.54) is 7.11 Å². The largest absolute Gasteiger partial charge is 0.469 e. The van der Waals surface area contributed by atoms with Gasteiger partial charge in [-0.15, -0.1) is 0 Å². The number of methoxy groups -OCH3 is 1. The molecule has 0 saturated carbocycles. The molecule has 2 N–H and O–H groups in total. The minimum absolute atomic E-state index is 0.176. The van der Waals surface area contributed by atoms with Crippen LogP contribution in [-0.2, 0) is 9.53 Å². The number of hydrazone groups is 1. The summed E-state index contributed by atoms with van der Waals surface area (Å²) in [5.74, 6) is -0.176. The van der Waals surface area contributed by atoms with E-state index in [0.717, 1.165) is 24.8 Å². The number of carbonyl (C=O) groups excluding carboxylic acids is 1. The Morgan fingerprint density at radius 2 is 2.13 bits per heavy atom. The Kier molecular flexibility index (Phi) is 9.59. The number of hydrogen-bond acceptors (Lipinski definition) is 4. The molecule has 0 aliphatic carbocycles. The molecule has 0 unspecified atom stereocenters. The van der Waals surface area contributed by atoms with Gasteiger partial charge in [0, 0.05) is 23.6 Å². The van der Waals surface area contributed by atoms with Crippen LogP contribution in [0.5, 0.6) is 0 Å². The standard InChI is InChI=1S/C15H19Cl2N3O2S/c1-22-14(21)5-3-2-4-8-18-15(23)20-19-10-11-6-7-12(16)9-13(11)17/h6-7,9-10H,2-5,8H2,1H3,(H2,18,20,23)/b19-10-. The summed E-state index contributed by atoms with van der Waals surface area (Å²) < 4.78 is 4.57. The maximum absolute atomic E-state index is 10.9. The van der Waals surface area contributed by atoms with Gasteiger partial charge in [0.25, 0.3) is 0 Å². The maximum Gasteiger partial charge on any atom is 0.305 e. The van der Waals surface area contributed by atoms with Crippen molar-refractivity contribution in [1.82, 2.24) is 10.7 Å². The summed E-state index contributed by atoms with van der Waals surface area (Å²) in [4.78, 5) is 10.9. The smallest absolute Gasteiger partial charge is 0.305 e. The van der Waals surface area contributed by atoms with Gasteiger partial charge in [0.15, 0.2) is 5.11 Å². The summed E-state index contributed by atoms with van der Waals surface area (Å²) in [6.45, 7) is 0.713. The zero-order valence-corrected chi connectivity index (χ0v) is 15.1. The first kappa shape index (κ1) is 19.7. The lowest BCUT2D eigenvalue weighted by Gasteiger charge is -2.06. The van der Waals surface area contributed by atoms with Crippen molar-refractivity contribution in [2.24, 2.45) is 5.10 Å². The van der Waals surface area contributed by atoms with Gasteiger partial charge in [-0.1, -0.05) is 35.7 Å². The van der Waals surface area contributed by atoms with E-state index in [2.05, 4.69) is 20.6 Å². The van der Waals surface area contributed by atoms with E-state index in [9.17, 15) is 4.79 Å². The van der Waals surface area contributed by atoms with Gasteiger partial charge in [-0.2, -0.15) is 5.10 Å². The molecule has 0 aliphatic rings. The molecule has 0 fully saturated rings. The number of unbranched alkanes of at least 4 members (excludes halogenated alkanes) is 2. The molecule has 0 spiro atoms. The van der Waals surface area contributed by atoms with E-state index in [1.807, 2.05) is 0 Å². The number of thiocarbonyl (C=S) groups is 1. The third-order valence-electron chi connectivity index (χ3n) is 2.90. The lowest BCUT2D eigenvalue weighted by molar-refractivity contribution is -0.140. The van der Waals surface area contributed by atoms with Gasteiger partial charge in [-0.25, -0.2) is 0 Å². The predicted molar refractivity (Wildman–Crippen MR) is 98.3 cm³/mol. The molecule has 1 aromatic carbocycles. The number of hydrogen-bond donors (Lipinski definition) is 2. The topological polar surface area (TPSA) is 62.7 Å². The Labute approximate surface area is 151 Å². The number of benzene rings is 1. The van der Waals surface area contributed by atoms with Crippen LogP contribution in [0.2, 0.25) is 10.0 Å². The van der Waals surface area contributed by atoms with Crippen molar-refractivity contribution in [2.45, 2.75) is 25.7 Å². The molecule has 0 atom stereocenters. The van der Waals surface area contributed by atoms with Gasteiger partial charge in [0.1, 0.15) is 0 Å². The summed E-state index contributed by atoms with van der Waals surface area (Å²) in [7, 11) is 1.39. The molecule has 126 valence electrons. The fourth-order valence-corrected chi connectivity index (χ4v) is 2.29. The van der Waals surface area contributed by atoms with Crippen LogP contribution in [0.3, 0.4) is 0 Å². The summed E-state index contributed by atoms with van der Waals surface area (Å²) in [6.07, 6.45) is 4.66. The van der Waals surface area contributed by atoms with Gasteiger partial charge in [-0.3, -0.25) is 10.2 Å². The van der Waals surface area contributed by atoms with Crippen LogP contribution in [0.15, 0.2) is 23.3 Å². The molecule has 1 rings (SSSR count). The first-order valence-electron chi connectivity index (χ1n) is 7.11. The maximum atomic E-state index is 10.9. The fraction of sp³-hybridized carbons (Fsp3) is 0.400. The Balaban J connectivity index is 2.17. The fourth-order valence-electron chi connectivity index (χ4n) is 1.68. The minimum Gasteiger partial charge on any atom is -0.469 e. The van der Waals surface area contributed by atoms with E-state index in [4.69, 9.17) is 35.4 Å². The zero-order valence-electron chi connectivity index (χ0n) is 12.8. The SMILES string of the molecule is COC(=O)CCCCCNC(=S)N/N=C\c1ccc(Cl)cc1Cl. The first-order chi connectivity index (χ1) is 11.0. The molecule has 8 heteroatoms. The number of carbonyl (C=O) groups is 1. The van der Waals surface area contributed by atoms with Gasteiger partial charge >= 0.3 is 5.97 Å². The number of esters is 1. The number of rotatable bonds is 8. The molecule has 1 aromatic rings. The van der Waals surface area contributed by atoms with Gasteiger partial charge in [0.2, 0.25) is 0 Å². The zero-order chi connectivity index (χ0) is 17.1. The van der Waals surface area contributed by atoms with E-state index < -0.39 is 0 Å². The van der Waals surface area contributed by atoms with Crippen LogP contribution in [0.25, 0.3) is 0 Å². The first-order valence-corrected chi connectivity index (χ1v) is 8.28. The van der Waals surface area contributed by atoms with Crippen molar-refractivity contribution in [2.75, 3.05) is 13.7 Å². The number of nitrogens with one attached hydrogen (secondary N) is 2. The molecular formula is C15H19Cl2N3O2S. The summed E-state index contributed by atoms with van der Waals surface area (Å²) in [5.41, 5.74) is 3.46. The van der Waals surface area contributed by atoms with Crippen LogP contribution < -0.4 is 10.7 Å². The molecule has 0 bridgehead atoms. The lowest BCUT2D eigenvalue weighted by Crippen LogP contribution is -2.32. The highest BCUT2D eigenvalue weighted by atomic mass is 35.5.